The summed E-state index contributed by atoms with van der Waals surface area (Å²) < 4.78 is 0. The third-order valence-electron chi connectivity index (χ3n) is 2.82. The van der Waals surface area contributed by atoms with Crippen molar-refractivity contribution in [2.45, 2.75) is 6.42 Å². The summed E-state index contributed by atoms with van der Waals surface area (Å²) in [5.41, 5.74) is 0.770. The van der Waals surface area contributed by atoms with Crippen molar-refractivity contribution in [3.05, 3.63) is 35.5 Å². The molecular formula is C12H8N2O. The van der Waals surface area contributed by atoms with Gasteiger partial charge in [0.1, 0.15) is 23.5 Å². The van der Waals surface area contributed by atoms with Gasteiger partial charge in [0, 0.05) is 18.3 Å². The summed E-state index contributed by atoms with van der Waals surface area (Å²) in [6, 6.07) is 3.71. The zero-order chi connectivity index (χ0) is 10.8. The van der Waals surface area contributed by atoms with E-state index < -0.39 is 0 Å². The second kappa shape index (κ2) is 3.55. The second-order valence-corrected chi connectivity index (χ2v) is 3.59. The van der Waals surface area contributed by atoms with Crippen LogP contribution in [0.5, 0.6) is 0 Å². The SMILES string of the molecule is N#CC(C#N)=C1CC(=O)C2C=CC=CC12. The highest BCUT2D eigenvalue weighted by Crippen LogP contribution is 2.39. The molecule has 15 heavy (non-hydrogen) atoms. The fourth-order valence-corrected chi connectivity index (χ4v) is 2.09. The smallest absolute Gasteiger partial charge is 0.144 e. The van der Waals surface area contributed by atoms with Crippen molar-refractivity contribution in [3.8, 4) is 12.1 Å². The molecule has 0 bridgehead atoms. The van der Waals surface area contributed by atoms with Gasteiger partial charge < -0.3 is 0 Å². The lowest BCUT2D eigenvalue weighted by atomic mass is 9.88. The summed E-state index contributed by atoms with van der Waals surface area (Å²) in [5.74, 6) is -0.142. The minimum absolute atomic E-state index is 0.0724. The number of hydrogen-bond donors (Lipinski definition) is 0. The minimum atomic E-state index is -0.165. The van der Waals surface area contributed by atoms with E-state index in [9.17, 15) is 4.79 Å². The van der Waals surface area contributed by atoms with E-state index in [1.165, 1.54) is 0 Å². The van der Waals surface area contributed by atoms with Crippen LogP contribution in [0.4, 0.5) is 0 Å². The van der Waals surface area contributed by atoms with Gasteiger partial charge in [-0.1, -0.05) is 24.3 Å². The molecule has 72 valence electrons. The number of nitriles is 2. The van der Waals surface area contributed by atoms with E-state index in [4.69, 9.17) is 10.5 Å². The normalized spacial score (nSPS) is 27.1. The van der Waals surface area contributed by atoms with Gasteiger partial charge in [-0.15, -0.1) is 0 Å². The number of allylic oxidation sites excluding steroid dienone is 6. The Morgan fingerprint density at radius 3 is 2.40 bits per heavy atom. The summed E-state index contributed by atoms with van der Waals surface area (Å²) in [6.45, 7) is 0. The quantitative estimate of drug-likeness (QED) is 0.553. The third kappa shape index (κ3) is 1.39. The number of hydrogen-bond acceptors (Lipinski definition) is 3. The van der Waals surface area contributed by atoms with Gasteiger partial charge in [0.25, 0.3) is 0 Å². The number of carbonyl (C=O) groups excluding carboxylic acids is 1. The van der Waals surface area contributed by atoms with Crippen molar-refractivity contribution in [3.63, 3.8) is 0 Å². The Morgan fingerprint density at radius 1 is 1.20 bits per heavy atom. The lowest BCUT2D eigenvalue weighted by Gasteiger charge is -2.14. The summed E-state index contributed by atoms with van der Waals surface area (Å²) in [5, 5.41) is 17.6. The molecule has 0 aliphatic heterocycles. The van der Waals surface area contributed by atoms with Crippen LogP contribution in [-0.4, -0.2) is 5.78 Å². The Kier molecular flexibility index (Phi) is 2.23. The average molecular weight is 196 g/mol. The van der Waals surface area contributed by atoms with E-state index >= 15 is 0 Å². The fraction of sp³-hybridized carbons (Fsp3) is 0.250. The molecule has 0 aromatic carbocycles. The van der Waals surface area contributed by atoms with Crippen LogP contribution in [0.25, 0.3) is 0 Å². The first-order valence-corrected chi connectivity index (χ1v) is 4.69. The fourth-order valence-electron chi connectivity index (χ4n) is 2.09. The molecule has 0 spiro atoms. The van der Waals surface area contributed by atoms with Crippen LogP contribution in [-0.2, 0) is 4.79 Å². The Bertz CT molecular complexity index is 467. The van der Waals surface area contributed by atoms with Crippen LogP contribution in [0.1, 0.15) is 6.42 Å². The third-order valence-corrected chi connectivity index (χ3v) is 2.82. The monoisotopic (exact) mass is 196 g/mol. The van der Waals surface area contributed by atoms with Crippen LogP contribution < -0.4 is 0 Å². The molecule has 2 aliphatic rings. The molecule has 0 N–H and O–H groups in total. The highest BCUT2D eigenvalue weighted by atomic mass is 16.1. The first-order valence-electron chi connectivity index (χ1n) is 4.69. The molecule has 0 saturated heterocycles. The molecule has 0 heterocycles. The number of Topliss-reactive ketones (excluding diaryl/α,β-unsaturated/α-hetero) is 1. The maximum Gasteiger partial charge on any atom is 0.144 e. The highest BCUT2D eigenvalue weighted by Gasteiger charge is 2.37. The number of carbonyl (C=O) groups is 1. The molecule has 1 saturated carbocycles. The molecule has 2 atom stereocenters. The lowest BCUT2D eigenvalue weighted by molar-refractivity contribution is -0.119. The highest BCUT2D eigenvalue weighted by molar-refractivity contribution is 5.90. The molecule has 3 heteroatoms. The summed E-state index contributed by atoms with van der Waals surface area (Å²) in [4.78, 5) is 11.6. The van der Waals surface area contributed by atoms with Gasteiger partial charge in [0.2, 0.25) is 0 Å². The van der Waals surface area contributed by atoms with E-state index in [-0.39, 0.29) is 29.6 Å². The van der Waals surface area contributed by atoms with Gasteiger partial charge in [0.15, 0.2) is 0 Å². The predicted molar refractivity (Wildman–Crippen MR) is 53.1 cm³/mol. The molecule has 0 amide bonds. The van der Waals surface area contributed by atoms with E-state index in [0.717, 1.165) is 0 Å². The zero-order valence-electron chi connectivity index (χ0n) is 7.97. The molecule has 2 aliphatic carbocycles. The Hall–Kier alpha value is -2.13. The topological polar surface area (TPSA) is 64.7 Å². The minimum Gasteiger partial charge on any atom is -0.299 e. The van der Waals surface area contributed by atoms with Gasteiger partial charge in [-0.2, -0.15) is 10.5 Å². The van der Waals surface area contributed by atoms with Gasteiger partial charge in [-0.3, -0.25) is 4.79 Å². The van der Waals surface area contributed by atoms with E-state index in [1.807, 2.05) is 36.4 Å². The van der Waals surface area contributed by atoms with Gasteiger partial charge in [-0.05, 0) is 5.57 Å². The molecule has 0 aromatic heterocycles. The van der Waals surface area contributed by atoms with Crippen LogP contribution in [0.3, 0.4) is 0 Å². The van der Waals surface area contributed by atoms with E-state index in [0.29, 0.717) is 5.57 Å². The van der Waals surface area contributed by atoms with Crippen molar-refractivity contribution in [2.75, 3.05) is 0 Å². The standard InChI is InChI=1S/C12H8N2O/c13-6-8(7-14)11-5-12(15)10-4-2-1-3-9(10)11/h1-4,9-10H,5H2. The van der Waals surface area contributed by atoms with E-state index in [2.05, 4.69) is 0 Å². The molecule has 2 rings (SSSR count). The Balaban J connectivity index is 2.49. The van der Waals surface area contributed by atoms with Crippen LogP contribution in [0.15, 0.2) is 35.5 Å². The zero-order valence-corrected chi connectivity index (χ0v) is 7.97. The predicted octanol–water partition coefficient (Wildman–Crippen LogP) is 1.66. The van der Waals surface area contributed by atoms with Crippen molar-refractivity contribution in [1.29, 1.82) is 10.5 Å². The van der Waals surface area contributed by atoms with Crippen molar-refractivity contribution in [1.82, 2.24) is 0 Å². The summed E-state index contributed by atoms with van der Waals surface area (Å²) in [7, 11) is 0. The molecule has 0 aromatic rings. The summed E-state index contributed by atoms with van der Waals surface area (Å²) in [6.07, 6.45) is 7.65. The first-order chi connectivity index (χ1) is 7.27. The Labute approximate surface area is 87.6 Å². The number of ketones is 1. The van der Waals surface area contributed by atoms with Gasteiger partial charge >= 0.3 is 0 Å². The summed E-state index contributed by atoms with van der Waals surface area (Å²) >= 11 is 0. The number of rotatable bonds is 0. The average Bonchev–Trinajstić information content (AvgIpc) is 2.60. The second-order valence-electron chi connectivity index (χ2n) is 3.59. The number of nitrogens with zero attached hydrogens (tertiary/aromatic N) is 2. The van der Waals surface area contributed by atoms with Crippen LogP contribution >= 0.6 is 0 Å². The molecule has 0 radical (unpaired) electrons. The molecular weight excluding hydrogens is 188 g/mol. The molecule has 2 unspecified atom stereocenters. The largest absolute Gasteiger partial charge is 0.299 e. The van der Waals surface area contributed by atoms with Crippen molar-refractivity contribution >= 4 is 5.78 Å². The molecule has 1 fully saturated rings. The number of fused-ring (bicyclic) bond motifs is 1. The van der Waals surface area contributed by atoms with Crippen LogP contribution in [0.2, 0.25) is 0 Å². The Morgan fingerprint density at radius 2 is 1.80 bits per heavy atom. The lowest BCUT2D eigenvalue weighted by Crippen LogP contribution is -2.12. The maximum atomic E-state index is 11.6. The maximum absolute atomic E-state index is 11.6. The van der Waals surface area contributed by atoms with Gasteiger partial charge in [0.05, 0.1) is 0 Å². The van der Waals surface area contributed by atoms with Gasteiger partial charge in [-0.25, -0.2) is 0 Å². The van der Waals surface area contributed by atoms with Crippen LogP contribution in [0, 0.1) is 34.5 Å². The molecule has 3 nitrogen and oxygen atoms in total. The van der Waals surface area contributed by atoms with Crippen molar-refractivity contribution < 1.29 is 4.79 Å². The van der Waals surface area contributed by atoms with E-state index in [1.54, 1.807) is 0 Å². The first kappa shape index (κ1) is 9.43. The van der Waals surface area contributed by atoms with Crippen molar-refractivity contribution in [2.24, 2.45) is 11.8 Å².